The molecule has 2 rings (SSSR count). The van der Waals surface area contributed by atoms with Crippen LogP contribution >= 0.6 is 11.6 Å². The Hall–Kier alpha value is -1.63. The SMILES string of the molecule is CC(C)c1ccccc1OCCNS(=O)(=O)c1cc(F)ccc1Cl. The van der Waals surface area contributed by atoms with E-state index in [1.165, 1.54) is 6.07 Å². The molecule has 0 spiro atoms. The molecule has 0 bridgehead atoms. The monoisotopic (exact) mass is 371 g/mol. The van der Waals surface area contributed by atoms with Gasteiger partial charge in [0.15, 0.2) is 0 Å². The van der Waals surface area contributed by atoms with Crippen LogP contribution in [-0.4, -0.2) is 21.6 Å². The lowest BCUT2D eigenvalue weighted by Crippen LogP contribution is -2.28. The third kappa shape index (κ3) is 4.69. The van der Waals surface area contributed by atoms with Crippen molar-refractivity contribution in [2.75, 3.05) is 13.2 Å². The summed E-state index contributed by atoms with van der Waals surface area (Å²) in [5, 5.41) is -0.0324. The minimum absolute atomic E-state index is 0.0324. The average molecular weight is 372 g/mol. The number of hydrogen-bond donors (Lipinski definition) is 1. The van der Waals surface area contributed by atoms with E-state index in [0.29, 0.717) is 5.92 Å². The van der Waals surface area contributed by atoms with Crippen molar-refractivity contribution in [3.63, 3.8) is 0 Å². The Morgan fingerprint density at radius 2 is 1.92 bits per heavy atom. The van der Waals surface area contributed by atoms with Crippen molar-refractivity contribution in [1.82, 2.24) is 4.72 Å². The van der Waals surface area contributed by atoms with Crippen molar-refractivity contribution < 1.29 is 17.5 Å². The maximum atomic E-state index is 13.2. The molecule has 0 aliphatic heterocycles. The Morgan fingerprint density at radius 3 is 2.62 bits per heavy atom. The number of hydrogen-bond acceptors (Lipinski definition) is 3. The fourth-order valence-corrected chi connectivity index (χ4v) is 3.71. The third-order valence-electron chi connectivity index (χ3n) is 3.38. The van der Waals surface area contributed by atoms with Crippen molar-refractivity contribution in [2.45, 2.75) is 24.7 Å². The van der Waals surface area contributed by atoms with Crippen LogP contribution in [0.1, 0.15) is 25.3 Å². The maximum Gasteiger partial charge on any atom is 0.242 e. The smallest absolute Gasteiger partial charge is 0.242 e. The zero-order chi connectivity index (χ0) is 17.7. The second-order valence-corrected chi connectivity index (χ2v) is 7.66. The van der Waals surface area contributed by atoms with Crippen molar-refractivity contribution in [3.8, 4) is 5.75 Å². The minimum Gasteiger partial charge on any atom is -0.492 e. The van der Waals surface area contributed by atoms with E-state index in [2.05, 4.69) is 18.6 Å². The van der Waals surface area contributed by atoms with Crippen LogP contribution in [-0.2, 0) is 10.0 Å². The highest BCUT2D eigenvalue weighted by Gasteiger charge is 2.18. The summed E-state index contributed by atoms with van der Waals surface area (Å²) >= 11 is 5.83. The van der Waals surface area contributed by atoms with Gasteiger partial charge < -0.3 is 4.74 Å². The number of halogens is 2. The first-order valence-electron chi connectivity index (χ1n) is 7.47. The van der Waals surface area contributed by atoms with E-state index < -0.39 is 15.8 Å². The lowest BCUT2D eigenvalue weighted by Gasteiger charge is -2.14. The number of nitrogens with one attached hydrogen (secondary N) is 1. The Labute approximate surface area is 146 Å². The van der Waals surface area contributed by atoms with Crippen LogP contribution < -0.4 is 9.46 Å². The molecule has 4 nitrogen and oxygen atoms in total. The highest BCUT2D eigenvalue weighted by molar-refractivity contribution is 7.89. The quantitative estimate of drug-likeness (QED) is 0.749. The van der Waals surface area contributed by atoms with Gasteiger partial charge in [0.05, 0.1) is 5.02 Å². The van der Waals surface area contributed by atoms with E-state index in [1.807, 2.05) is 24.3 Å². The number of para-hydroxylation sites is 1. The fraction of sp³-hybridized carbons (Fsp3) is 0.294. The Bertz CT molecular complexity index is 809. The molecule has 0 saturated carbocycles. The van der Waals surface area contributed by atoms with Crippen molar-refractivity contribution in [1.29, 1.82) is 0 Å². The average Bonchev–Trinajstić information content (AvgIpc) is 2.54. The number of sulfonamides is 1. The normalized spacial score (nSPS) is 11.7. The maximum absolute atomic E-state index is 13.2. The van der Waals surface area contributed by atoms with E-state index in [9.17, 15) is 12.8 Å². The Kier molecular flexibility index (Phi) is 6.21. The van der Waals surface area contributed by atoms with Gasteiger partial charge in [-0.3, -0.25) is 0 Å². The van der Waals surface area contributed by atoms with Gasteiger partial charge in [-0.2, -0.15) is 0 Å². The van der Waals surface area contributed by atoms with Crippen LogP contribution in [0.4, 0.5) is 4.39 Å². The fourth-order valence-electron chi connectivity index (χ4n) is 2.19. The molecule has 2 aromatic rings. The molecule has 0 heterocycles. The molecule has 1 N–H and O–H groups in total. The summed E-state index contributed by atoms with van der Waals surface area (Å²) in [6.07, 6.45) is 0. The van der Waals surface area contributed by atoms with Gasteiger partial charge in [0.2, 0.25) is 10.0 Å². The molecule has 24 heavy (non-hydrogen) atoms. The highest BCUT2D eigenvalue weighted by atomic mass is 35.5. The molecule has 0 saturated heterocycles. The van der Waals surface area contributed by atoms with Crippen LogP contribution in [0, 0.1) is 5.82 Å². The van der Waals surface area contributed by atoms with Crippen LogP contribution in [0.5, 0.6) is 5.75 Å². The molecular formula is C17H19ClFNO3S. The predicted octanol–water partition coefficient (Wildman–Crippen LogP) is 3.96. The first-order valence-corrected chi connectivity index (χ1v) is 9.34. The first kappa shape index (κ1) is 18.7. The van der Waals surface area contributed by atoms with Crippen LogP contribution in [0.2, 0.25) is 5.02 Å². The van der Waals surface area contributed by atoms with Gasteiger partial charge in [-0.1, -0.05) is 43.6 Å². The van der Waals surface area contributed by atoms with Crippen molar-refractivity contribution >= 4 is 21.6 Å². The third-order valence-corrected chi connectivity index (χ3v) is 5.32. The van der Waals surface area contributed by atoms with Crippen molar-refractivity contribution in [2.24, 2.45) is 0 Å². The van der Waals surface area contributed by atoms with Gasteiger partial charge >= 0.3 is 0 Å². The zero-order valence-corrected chi connectivity index (χ0v) is 15.0. The molecule has 0 aromatic heterocycles. The molecule has 0 amide bonds. The summed E-state index contributed by atoms with van der Waals surface area (Å²) in [6, 6.07) is 10.8. The van der Waals surface area contributed by atoms with Gasteiger partial charge in [-0.05, 0) is 35.7 Å². The summed E-state index contributed by atoms with van der Waals surface area (Å²) in [4.78, 5) is -0.285. The van der Waals surface area contributed by atoms with Crippen LogP contribution in [0.3, 0.4) is 0 Å². The summed E-state index contributed by atoms with van der Waals surface area (Å²) < 4.78 is 45.6. The molecule has 0 atom stereocenters. The zero-order valence-electron chi connectivity index (χ0n) is 13.4. The molecule has 0 unspecified atom stereocenters. The predicted molar refractivity (Wildman–Crippen MR) is 92.6 cm³/mol. The first-order chi connectivity index (χ1) is 11.3. The standard InChI is InChI=1S/C17H19ClFNO3S/c1-12(2)14-5-3-4-6-16(14)23-10-9-20-24(21,22)17-11-13(19)7-8-15(17)18/h3-8,11-12,20H,9-10H2,1-2H3. The van der Waals surface area contributed by atoms with Gasteiger partial charge in [0, 0.05) is 6.54 Å². The Balaban J connectivity index is 1.98. The summed E-state index contributed by atoms with van der Waals surface area (Å²) in [6.45, 7) is 4.30. The number of rotatable bonds is 7. The largest absolute Gasteiger partial charge is 0.492 e. The summed E-state index contributed by atoms with van der Waals surface area (Å²) in [7, 11) is -3.90. The molecule has 0 aliphatic carbocycles. The molecule has 0 fully saturated rings. The van der Waals surface area contributed by atoms with E-state index in [-0.39, 0.29) is 23.1 Å². The van der Waals surface area contributed by atoms with E-state index >= 15 is 0 Å². The van der Waals surface area contributed by atoms with Gasteiger partial charge in [0.25, 0.3) is 0 Å². The molecular weight excluding hydrogens is 353 g/mol. The minimum atomic E-state index is -3.90. The molecule has 7 heteroatoms. The van der Waals surface area contributed by atoms with Crippen LogP contribution in [0.15, 0.2) is 47.4 Å². The van der Waals surface area contributed by atoms with Crippen molar-refractivity contribution in [3.05, 3.63) is 58.9 Å². The highest BCUT2D eigenvalue weighted by Crippen LogP contribution is 2.26. The number of benzene rings is 2. The molecule has 2 aromatic carbocycles. The van der Waals surface area contributed by atoms with E-state index in [4.69, 9.17) is 16.3 Å². The van der Waals surface area contributed by atoms with E-state index in [0.717, 1.165) is 23.4 Å². The summed E-state index contributed by atoms with van der Waals surface area (Å²) in [5.41, 5.74) is 1.05. The van der Waals surface area contributed by atoms with Gasteiger partial charge in [0.1, 0.15) is 23.1 Å². The van der Waals surface area contributed by atoms with E-state index in [1.54, 1.807) is 0 Å². The number of ether oxygens (including phenoxy) is 1. The lowest BCUT2D eigenvalue weighted by molar-refractivity contribution is 0.318. The Morgan fingerprint density at radius 1 is 1.21 bits per heavy atom. The molecule has 130 valence electrons. The summed E-state index contributed by atoms with van der Waals surface area (Å²) in [5.74, 6) is 0.348. The van der Waals surface area contributed by atoms with Gasteiger partial charge in [-0.15, -0.1) is 0 Å². The second kappa shape index (κ2) is 7.96. The molecule has 0 aliphatic rings. The van der Waals surface area contributed by atoms with Gasteiger partial charge in [-0.25, -0.2) is 17.5 Å². The van der Waals surface area contributed by atoms with Crippen LogP contribution in [0.25, 0.3) is 0 Å². The lowest BCUT2D eigenvalue weighted by atomic mass is 10.0. The topological polar surface area (TPSA) is 55.4 Å². The second-order valence-electron chi connectivity index (χ2n) is 5.51. The molecule has 0 radical (unpaired) electrons.